The van der Waals surface area contributed by atoms with Gasteiger partial charge in [-0.3, -0.25) is 9.59 Å². The van der Waals surface area contributed by atoms with Crippen LogP contribution < -0.4 is 21.7 Å². The van der Waals surface area contributed by atoms with Gasteiger partial charge in [-0.05, 0) is 6.07 Å². The zero-order chi connectivity index (χ0) is 12.4. The normalized spacial score (nSPS) is 15.5. The van der Waals surface area contributed by atoms with E-state index in [9.17, 15) is 9.59 Å². The van der Waals surface area contributed by atoms with Crippen LogP contribution in [0.4, 0.5) is 11.5 Å². The molecule has 7 heteroatoms. The standard InChI is InChI=1S/C10H13N5O2/c11-7-4-14-8(3-6(7)10(12)17)15-2-1-13-9(16)5-15/h3-4H,1-2,5,11H2,(H2,12,17)(H,13,16). The fourth-order valence-corrected chi connectivity index (χ4v) is 1.68. The number of nitrogens with one attached hydrogen (secondary N) is 1. The zero-order valence-corrected chi connectivity index (χ0v) is 9.14. The number of anilines is 2. The summed E-state index contributed by atoms with van der Waals surface area (Å²) in [7, 11) is 0. The van der Waals surface area contributed by atoms with Crippen LogP contribution in [0.15, 0.2) is 12.3 Å². The minimum absolute atomic E-state index is 0.0736. The van der Waals surface area contributed by atoms with Crippen LogP contribution in [0.1, 0.15) is 10.4 Å². The minimum atomic E-state index is -0.604. The molecule has 1 aromatic heterocycles. The van der Waals surface area contributed by atoms with Gasteiger partial charge in [0.05, 0.1) is 24.0 Å². The van der Waals surface area contributed by atoms with E-state index in [4.69, 9.17) is 11.5 Å². The van der Waals surface area contributed by atoms with Gasteiger partial charge in [0.25, 0.3) is 5.91 Å². The Labute approximate surface area is 97.8 Å². The maximum Gasteiger partial charge on any atom is 0.250 e. The minimum Gasteiger partial charge on any atom is -0.397 e. The van der Waals surface area contributed by atoms with E-state index >= 15 is 0 Å². The molecular formula is C10H13N5O2. The molecule has 2 rings (SSSR count). The number of carbonyl (C=O) groups is 2. The highest BCUT2D eigenvalue weighted by Gasteiger charge is 2.19. The van der Waals surface area contributed by atoms with Gasteiger partial charge >= 0.3 is 0 Å². The summed E-state index contributed by atoms with van der Waals surface area (Å²) in [5.74, 6) is -0.147. The number of hydrogen-bond donors (Lipinski definition) is 3. The Morgan fingerprint density at radius 2 is 2.29 bits per heavy atom. The molecule has 0 spiro atoms. The van der Waals surface area contributed by atoms with Crippen molar-refractivity contribution in [3.8, 4) is 0 Å². The highest BCUT2D eigenvalue weighted by molar-refractivity contribution is 5.98. The largest absolute Gasteiger partial charge is 0.397 e. The van der Waals surface area contributed by atoms with Crippen LogP contribution in [0.3, 0.4) is 0 Å². The van der Waals surface area contributed by atoms with Crippen LogP contribution in [0, 0.1) is 0 Å². The summed E-state index contributed by atoms with van der Waals surface area (Å²) in [5, 5.41) is 2.71. The Kier molecular flexibility index (Phi) is 2.82. The molecule has 17 heavy (non-hydrogen) atoms. The second kappa shape index (κ2) is 4.28. The Morgan fingerprint density at radius 3 is 2.94 bits per heavy atom. The molecule has 2 amide bonds. The first-order valence-corrected chi connectivity index (χ1v) is 5.15. The molecule has 0 atom stereocenters. The SMILES string of the molecule is NC(=O)c1cc(N2CCNC(=O)C2)ncc1N. The monoisotopic (exact) mass is 235 g/mol. The van der Waals surface area contributed by atoms with E-state index in [1.165, 1.54) is 12.3 Å². The van der Waals surface area contributed by atoms with Crippen LogP contribution >= 0.6 is 0 Å². The number of aromatic nitrogens is 1. The van der Waals surface area contributed by atoms with Crippen molar-refractivity contribution in [2.24, 2.45) is 5.73 Å². The predicted octanol–water partition coefficient (Wildman–Crippen LogP) is -1.30. The smallest absolute Gasteiger partial charge is 0.250 e. The van der Waals surface area contributed by atoms with Gasteiger partial charge in [-0.15, -0.1) is 0 Å². The summed E-state index contributed by atoms with van der Waals surface area (Å²) in [6.45, 7) is 1.41. The van der Waals surface area contributed by atoms with E-state index in [0.717, 1.165) is 0 Å². The molecule has 0 radical (unpaired) electrons. The molecule has 0 aromatic carbocycles. The van der Waals surface area contributed by atoms with Gasteiger partial charge in [-0.2, -0.15) is 0 Å². The van der Waals surface area contributed by atoms with Crippen molar-refractivity contribution in [2.75, 3.05) is 30.3 Å². The van der Waals surface area contributed by atoms with Crippen LogP contribution in [0.2, 0.25) is 0 Å². The second-order valence-electron chi connectivity index (χ2n) is 3.77. The first kappa shape index (κ1) is 11.2. The van der Waals surface area contributed by atoms with E-state index in [-0.39, 0.29) is 23.7 Å². The van der Waals surface area contributed by atoms with Gasteiger partial charge < -0.3 is 21.7 Å². The van der Waals surface area contributed by atoms with Crippen molar-refractivity contribution in [1.82, 2.24) is 10.3 Å². The number of piperazine rings is 1. The number of hydrogen-bond acceptors (Lipinski definition) is 5. The number of carbonyl (C=O) groups excluding carboxylic acids is 2. The lowest BCUT2D eigenvalue weighted by molar-refractivity contribution is -0.120. The van der Waals surface area contributed by atoms with E-state index in [1.807, 2.05) is 0 Å². The Morgan fingerprint density at radius 1 is 1.53 bits per heavy atom. The van der Waals surface area contributed by atoms with Gasteiger partial charge in [-0.1, -0.05) is 0 Å². The third kappa shape index (κ3) is 2.27. The number of nitrogens with two attached hydrogens (primary N) is 2. The topological polar surface area (TPSA) is 114 Å². The molecule has 0 saturated carbocycles. The van der Waals surface area contributed by atoms with E-state index in [1.54, 1.807) is 4.90 Å². The van der Waals surface area contributed by atoms with Crippen molar-refractivity contribution in [3.05, 3.63) is 17.8 Å². The van der Waals surface area contributed by atoms with Crippen LogP contribution in [-0.2, 0) is 4.79 Å². The maximum atomic E-state index is 11.2. The number of pyridine rings is 1. The summed E-state index contributed by atoms with van der Waals surface area (Å²) in [4.78, 5) is 28.2. The second-order valence-corrected chi connectivity index (χ2v) is 3.77. The van der Waals surface area contributed by atoms with E-state index in [0.29, 0.717) is 18.9 Å². The lowest BCUT2D eigenvalue weighted by Gasteiger charge is -2.27. The highest BCUT2D eigenvalue weighted by atomic mass is 16.2. The summed E-state index contributed by atoms with van der Waals surface area (Å²) >= 11 is 0. The molecule has 0 unspecified atom stereocenters. The molecule has 90 valence electrons. The van der Waals surface area contributed by atoms with Crippen molar-refractivity contribution in [2.45, 2.75) is 0 Å². The number of rotatable bonds is 2. The molecule has 1 aliphatic heterocycles. The fourth-order valence-electron chi connectivity index (χ4n) is 1.68. The molecule has 1 aliphatic rings. The molecule has 2 heterocycles. The lowest BCUT2D eigenvalue weighted by atomic mass is 10.2. The van der Waals surface area contributed by atoms with Crippen molar-refractivity contribution >= 4 is 23.3 Å². The number of amides is 2. The van der Waals surface area contributed by atoms with Crippen molar-refractivity contribution in [1.29, 1.82) is 0 Å². The quantitative estimate of drug-likeness (QED) is 0.589. The number of primary amides is 1. The predicted molar refractivity (Wildman–Crippen MR) is 62.4 cm³/mol. The Hall–Kier alpha value is -2.31. The molecule has 1 saturated heterocycles. The lowest BCUT2D eigenvalue weighted by Crippen LogP contribution is -2.48. The maximum absolute atomic E-state index is 11.2. The third-order valence-electron chi connectivity index (χ3n) is 2.55. The summed E-state index contributed by atoms with van der Waals surface area (Å²) in [6.07, 6.45) is 1.38. The zero-order valence-electron chi connectivity index (χ0n) is 9.14. The van der Waals surface area contributed by atoms with Gasteiger partial charge in [0.1, 0.15) is 5.82 Å². The average Bonchev–Trinajstić information content (AvgIpc) is 2.29. The van der Waals surface area contributed by atoms with E-state index < -0.39 is 5.91 Å². The summed E-state index contributed by atoms with van der Waals surface area (Å²) < 4.78 is 0. The number of nitrogens with zero attached hydrogens (tertiary/aromatic N) is 2. The first-order valence-electron chi connectivity index (χ1n) is 5.15. The van der Waals surface area contributed by atoms with Crippen molar-refractivity contribution < 1.29 is 9.59 Å². The van der Waals surface area contributed by atoms with Gasteiger partial charge in [0, 0.05) is 13.1 Å². The van der Waals surface area contributed by atoms with Crippen LogP contribution in [0.25, 0.3) is 0 Å². The third-order valence-corrected chi connectivity index (χ3v) is 2.55. The van der Waals surface area contributed by atoms with Crippen LogP contribution in [0.5, 0.6) is 0 Å². The van der Waals surface area contributed by atoms with Gasteiger partial charge in [0.15, 0.2) is 0 Å². The molecular weight excluding hydrogens is 222 g/mol. The van der Waals surface area contributed by atoms with Gasteiger partial charge in [0.2, 0.25) is 5.91 Å². The Bertz CT molecular complexity index is 474. The van der Waals surface area contributed by atoms with Crippen molar-refractivity contribution in [3.63, 3.8) is 0 Å². The van der Waals surface area contributed by atoms with Gasteiger partial charge in [-0.25, -0.2) is 4.98 Å². The van der Waals surface area contributed by atoms with E-state index in [2.05, 4.69) is 10.3 Å². The average molecular weight is 235 g/mol. The number of nitrogen functional groups attached to an aromatic ring is 1. The molecule has 5 N–H and O–H groups in total. The van der Waals surface area contributed by atoms with Crippen LogP contribution in [-0.4, -0.2) is 36.4 Å². The molecule has 0 aliphatic carbocycles. The molecule has 0 bridgehead atoms. The molecule has 1 aromatic rings. The fraction of sp³-hybridized carbons (Fsp3) is 0.300. The Balaban J connectivity index is 2.29. The summed E-state index contributed by atoms with van der Waals surface area (Å²) in [6, 6.07) is 1.51. The molecule has 7 nitrogen and oxygen atoms in total. The molecule has 1 fully saturated rings. The summed E-state index contributed by atoms with van der Waals surface area (Å²) in [5.41, 5.74) is 11.2. The highest BCUT2D eigenvalue weighted by Crippen LogP contribution is 2.18. The first-order chi connectivity index (χ1) is 8.08.